The number of rotatable bonds is 4. The largest absolute Gasteiger partial charge is 0.372 e. The maximum absolute atomic E-state index is 12.4. The normalized spacial score (nSPS) is 16.7. The van der Waals surface area contributed by atoms with Crippen molar-refractivity contribution in [1.82, 2.24) is 9.71 Å². The van der Waals surface area contributed by atoms with Crippen molar-refractivity contribution >= 4 is 27.3 Å². The van der Waals surface area contributed by atoms with Gasteiger partial charge in [-0.1, -0.05) is 0 Å². The highest BCUT2D eigenvalue weighted by atomic mass is 32.2. The smallest absolute Gasteiger partial charge is 0.247 e. The Morgan fingerprint density at radius 1 is 1.19 bits per heavy atom. The Bertz CT molecular complexity index is 893. The standard InChI is InChI=1S/C18H22N4O3S/c1-18(2,3)22-26(24,25)14-6-4-13(5-7-14)20-17(23)15-10-12-8-9-19-11-16(12)21-15/h4-9,11,15,21-22H,10H2,1-3H3,(H,20,23). The predicted molar refractivity (Wildman–Crippen MR) is 100 cm³/mol. The number of nitrogens with zero attached hydrogens (tertiary/aromatic N) is 1. The molecular weight excluding hydrogens is 352 g/mol. The molecule has 0 fully saturated rings. The van der Waals surface area contributed by atoms with Crippen LogP contribution < -0.4 is 15.4 Å². The van der Waals surface area contributed by atoms with Crippen LogP contribution in [0.2, 0.25) is 0 Å². The number of benzene rings is 1. The molecule has 2 aromatic rings. The molecule has 1 aliphatic heterocycles. The van der Waals surface area contributed by atoms with Gasteiger partial charge in [-0.3, -0.25) is 9.78 Å². The zero-order valence-electron chi connectivity index (χ0n) is 14.9. The fourth-order valence-electron chi connectivity index (χ4n) is 2.76. The van der Waals surface area contributed by atoms with Crippen molar-refractivity contribution in [1.29, 1.82) is 0 Å². The minimum Gasteiger partial charge on any atom is -0.372 e. The molecule has 0 bridgehead atoms. The summed E-state index contributed by atoms with van der Waals surface area (Å²) in [5.74, 6) is -0.176. The summed E-state index contributed by atoms with van der Waals surface area (Å²) >= 11 is 0. The molecule has 1 amide bonds. The zero-order chi connectivity index (χ0) is 18.9. The molecule has 3 rings (SSSR count). The average Bonchev–Trinajstić information content (AvgIpc) is 2.97. The van der Waals surface area contributed by atoms with E-state index in [0.717, 1.165) is 11.3 Å². The van der Waals surface area contributed by atoms with Gasteiger partial charge >= 0.3 is 0 Å². The van der Waals surface area contributed by atoms with E-state index < -0.39 is 15.6 Å². The van der Waals surface area contributed by atoms with Gasteiger partial charge in [0.2, 0.25) is 15.9 Å². The molecule has 0 aliphatic carbocycles. The minimum atomic E-state index is -3.60. The summed E-state index contributed by atoms with van der Waals surface area (Å²) in [7, 11) is -3.60. The van der Waals surface area contributed by atoms with Crippen LogP contribution in [-0.2, 0) is 21.2 Å². The predicted octanol–water partition coefficient (Wildman–Crippen LogP) is 2.13. The second-order valence-electron chi connectivity index (χ2n) is 7.30. The monoisotopic (exact) mass is 374 g/mol. The van der Waals surface area contributed by atoms with Crippen molar-refractivity contribution in [2.45, 2.75) is 43.7 Å². The molecule has 0 saturated heterocycles. The lowest BCUT2D eigenvalue weighted by Gasteiger charge is -2.20. The first-order chi connectivity index (χ1) is 12.1. The molecule has 1 aromatic heterocycles. The highest BCUT2D eigenvalue weighted by Crippen LogP contribution is 2.25. The molecule has 1 unspecified atom stereocenters. The van der Waals surface area contributed by atoms with Gasteiger partial charge in [-0.2, -0.15) is 0 Å². The van der Waals surface area contributed by atoms with Gasteiger partial charge in [0.15, 0.2) is 0 Å². The topological polar surface area (TPSA) is 100 Å². The molecule has 26 heavy (non-hydrogen) atoms. The highest BCUT2D eigenvalue weighted by molar-refractivity contribution is 7.89. The number of sulfonamides is 1. The van der Waals surface area contributed by atoms with Gasteiger partial charge in [0.05, 0.1) is 16.8 Å². The lowest BCUT2D eigenvalue weighted by Crippen LogP contribution is -2.40. The van der Waals surface area contributed by atoms with Crippen LogP contribution in [0.5, 0.6) is 0 Å². The maximum Gasteiger partial charge on any atom is 0.247 e. The Kier molecular flexibility index (Phi) is 4.72. The summed E-state index contributed by atoms with van der Waals surface area (Å²) in [6, 6.07) is 7.63. The number of pyridine rings is 1. The second kappa shape index (κ2) is 6.69. The summed E-state index contributed by atoms with van der Waals surface area (Å²) in [4.78, 5) is 16.6. The third-order valence-electron chi connectivity index (χ3n) is 3.85. The van der Waals surface area contributed by atoms with E-state index in [1.807, 2.05) is 6.07 Å². The molecule has 7 nitrogen and oxygen atoms in total. The summed E-state index contributed by atoms with van der Waals surface area (Å²) in [5, 5.41) is 5.94. The molecule has 3 N–H and O–H groups in total. The fourth-order valence-corrected chi connectivity index (χ4v) is 4.18. The first-order valence-corrected chi connectivity index (χ1v) is 9.77. The second-order valence-corrected chi connectivity index (χ2v) is 8.99. The molecule has 1 aliphatic rings. The molecule has 8 heteroatoms. The van der Waals surface area contributed by atoms with Crippen molar-refractivity contribution in [3.05, 3.63) is 48.3 Å². The summed E-state index contributed by atoms with van der Waals surface area (Å²) in [6.07, 6.45) is 3.99. The summed E-state index contributed by atoms with van der Waals surface area (Å²) in [6.45, 7) is 5.34. The van der Waals surface area contributed by atoms with Crippen LogP contribution >= 0.6 is 0 Å². The Morgan fingerprint density at radius 2 is 1.88 bits per heavy atom. The van der Waals surface area contributed by atoms with E-state index in [1.54, 1.807) is 45.3 Å². The Labute approximate surface area is 153 Å². The van der Waals surface area contributed by atoms with Crippen molar-refractivity contribution in [3.63, 3.8) is 0 Å². The molecular formula is C18H22N4O3S. The third-order valence-corrected chi connectivity index (χ3v) is 5.63. The van der Waals surface area contributed by atoms with Crippen LogP contribution in [0.25, 0.3) is 0 Å². The Balaban J connectivity index is 1.66. The maximum atomic E-state index is 12.4. The molecule has 1 atom stereocenters. The van der Waals surface area contributed by atoms with Crippen LogP contribution in [0.1, 0.15) is 26.3 Å². The van der Waals surface area contributed by atoms with E-state index in [1.165, 1.54) is 12.1 Å². The van der Waals surface area contributed by atoms with Crippen molar-refractivity contribution in [2.75, 3.05) is 10.6 Å². The van der Waals surface area contributed by atoms with Crippen molar-refractivity contribution in [2.24, 2.45) is 0 Å². The summed E-state index contributed by atoms with van der Waals surface area (Å²) in [5.41, 5.74) is 1.89. The van der Waals surface area contributed by atoms with E-state index in [2.05, 4.69) is 20.3 Å². The summed E-state index contributed by atoms with van der Waals surface area (Å²) < 4.78 is 27.2. The molecule has 2 heterocycles. The molecule has 1 aromatic carbocycles. The van der Waals surface area contributed by atoms with Crippen molar-refractivity contribution < 1.29 is 13.2 Å². The number of hydrogen-bond donors (Lipinski definition) is 3. The molecule has 0 spiro atoms. The average molecular weight is 374 g/mol. The van der Waals surface area contributed by atoms with Crippen LogP contribution in [-0.4, -0.2) is 30.9 Å². The number of nitrogens with one attached hydrogen (secondary N) is 3. The SMILES string of the molecule is CC(C)(C)NS(=O)(=O)c1ccc(NC(=O)C2Cc3ccncc3N2)cc1. The van der Waals surface area contributed by atoms with E-state index in [4.69, 9.17) is 0 Å². The van der Waals surface area contributed by atoms with Gasteiger partial charge in [0.1, 0.15) is 6.04 Å². The van der Waals surface area contributed by atoms with Gasteiger partial charge in [-0.25, -0.2) is 13.1 Å². The van der Waals surface area contributed by atoms with Gasteiger partial charge in [-0.15, -0.1) is 0 Å². The van der Waals surface area contributed by atoms with Gasteiger partial charge in [-0.05, 0) is 56.7 Å². The molecule has 0 radical (unpaired) electrons. The van der Waals surface area contributed by atoms with E-state index >= 15 is 0 Å². The lowest BCUT2D eigenvalue weighted by atomic mass is 10.1. The van der Waals surface area contributed by atoms with Crippen LogP contribution in [0.15, 0.2) is 47.6 Å². The lowest BCUT2D eigenvalue weighted by molar-refractivity contribution is -0.116. The van der Waals surface area contributed by atoms with Gasteiger partial charge in [0, 0.05) is 23.8 Å². The minimum absolute atomic E-state index is 0.155. The first-order valence-electron chi connectivity index (χ1n) is 8.28. The Hall–Kier alpha value is -2.45. The van der Waals surface area contributed by atoms with Crippen LogP contribution in [0.4, 0.5) is 11.4 Å². The number of hydrogen-bond acceptors (Lipinski definition) is 5. The number of carbonyl (C=O) groups is 1. The van der Waals surface area contributed by atoms with Crippen LogP contribution in [0, 0.1) is 0 Å². The van der Waals surface area contributed by atoms with E-state index in [-0.39, 0.29) is 16.8 Å². The number of carbonyl (C=O) groups excluding carboxylic acids is 1. The number of amides is 1. The third kappa shape index (κ3) is 4.20. The quantitative estimate of drug-likeness (QED) is 0.761. The number of fused-ring (bicyclic) bond motifs is 1. The van der Waals surface area contributed by atoms with Gasteiger partial charge < -0.3 is 10.6 Å². The molecule has 138 valence electrons. The Morgan fingerprint density at radius 3 is 2.50 bits per heavy atom. The molecule has 0 saturated carbocycles. The zero-order valence-corrected chi connectivity index (χ0v) is 15.7. The van der Waals surface area contributed by atoms with Gasteiger partial charge in [0.25, 0.3) is 0 Å². The number of anilines is 2. The van der Waals surface area contributed by atoms with E-state index in [0.29, 0.717) is 12.1 Å². The van der Waals surface area contributed by atoms with Crippen LogP contribution in [0.3, 0.4) is 0 Å². The van der Waals surface area contributed by atoms with E-state index in [9.17, 15) is 13.2 Å². The number of aromatic nitrogens is 1. The first kappa shape index (κ1) is 18.3. The highest BCUT2D eigenvalue weighted by Gasteiger charge is 2.27. The fraction of sp³-hybridized carbons (Fsp3) is 0.333. The van der Waals surface area contributed by atoms with Crippen molar-refractivity contribution in [3.8, 4) is 0 Å².